The molecule has 0 amide bonds. The molecule has 2 N–H and O–H groups in total. The minimum absolute atomic E-state index is 0.107. The molecule has 1 saturated heterocycles. The number of sulfonamides is 1. The Morgan fingerprint density at radius 2 is 1.81 bits per heavy atom. The van der Waals surface area contributed by atoms with Crippen LogP contribution >= 0.6 is 0 Å². The molecule has 0 bridgehead atoms. The zero-order chi connectivity index (χ0) is 20.5. The highest BCUT2D eigenvalue weighted by molar-refractivity contribution is 7.90. The molecule has 0 aromatic heterocycles. The van der Waals surface area contributed by atoms with E-state index in [9.17, 15) is 21.6 Å². The summed E-state index contributed by atoms with van der Waals surface area (Å²) >= 11 is 0. The first-order valence-electron chi connectivity index (χ1n) is 9.39. The molecular formula is C16H32F3N5O2S. The number of nitrogens with zero attached hydrogens (tertiary/aromatic N) is 3. The third kappa shape index (κ3) is 7.46. The summed E-state index contributed by atoms with van der Waals surface area (Å²) in [5.74, 6) is 0.753. The average molecular weight is 416 g/mol. The van der Waals surface area contributed by atoms with Gasteiger partial charge in [0.25, 0.3) is 0 Å². The molecule has 1 aliphatic rings. The highest BCUT2D eigenvalue weighted by Gasteiger charge is 2.50. The summed E-state index contributed by atoms with van der Waals surface area (Å²) < 4.78 is 61.2. The van der Waals surface area contributed by atoms with Crippen LogP contribution in [-0.4, -0.2) is 82.0 Å². The Kier molecular flexibility index (Phi) is 9.82. The molecule has 0 unspecified atom stereocenters. The third-order valence-electron chi connectivity index (χ3n) is 4.70. The van der Waals surface area contributed by atoms with E-state index in [1.807, 2.05) is 0 Å². The SMILES string of the molecule is CCCN(CC)CCNC(=NC)NCC1CCN(S(=O)(=O)C(F)(F)F)CC1. The van der Waals surface area contributed by atoms with Crippen LogP contribution in [-0.2, 0) is 10.0 Å². The number of hydrogen-bond acceptors (Lipinski definition) is 4. The Hall–Kier alpha value is -1.07. The first-order chi connectivity index (χ1) is 12.7. The number of halogens is 3. The van der Waals surface area contributed by atoms with Gasteiger partial charge in [-0.05, 0) is 38.3 Å². The van der Waals surface area contributed by atoms with Gasteiger partial charge in [0.2, 0.25) is 0 Å². The molecule has 0 aromatic rings. The van der Waals surface area contributed by atoms with Crippen LogP contribution in [0.1, 0.15) is 33.1 Å². The van der Waals surface area contributed by atoms with E-state index in [1.165, 1.54) is 0 Å². The number of alkyl halides is 3. The lowest BCUT2D eigenvalue weighted by molar-refractivity contribution is -0.0496. The highest BCUT2D eigenvalue weighted by Crippen LogP contribution is 2.30. The van der Waals surface area contributed by atoms with Crippen LogP contribution in [0.4, 0.5) is 13.2 Å². The van der Waals surface area contributed by atoms with Crippen molar-refractivity contribution in [3.05, 3.63) is 0 Å². The van der Waals surface area contributed by atoms with Crippen molar-refractivity contribution in [3.8, 4) is 0 Å². The van der Waals surface area contributed by atoms with Crippen molar-refractivity contribution >= 4 is 16.0 Å². The summed E-state index contributed by atoms with van der Waals surface area (Å²) in [5, 5.41) is 6.40. The van der Waals surface area contributed by atoms with Crippen molar-refractivity contribution in [3.63, 3.8) is 0 Å². The van der Waals surface area contributed by atoms with E-state index in [2.05, 4.69) is 34.4 Å². The third-order valence-corrected chi connectivity index (χ3v) is 6.33. The lowest BCUT2D eigenvalue weighted by atomic mass is 9.98. The number of nitrogens with one attached hydrogen (secondary N) is 2. The van der Waals surface area contributed by atoms with E-state index in [4.69, 9.17) is 0 Å². The zero-order valence-electron chi connectivity index (χ0n) is 16.3. The van der Waals surface area contributed by atoms with E-state index in [1.54, 1.807) is 7.05 Å². The van der Waals surface area contributed by atoms with Crippen LogP contribution in [0.15, 0.2) is 4.99 Å². The maximum atomic E-state index is 12.6. The molecule has 1 rings (SSSR count). The lowest BCUT2D eigenvalue weighted by Gasteiger charge is -2.31. The van der Waals surface area contributed by atoms with E-state index in [0.717, 1.165) is 32.6 Å². The van der Waals surface area contributed by atoms with Crippen LogP contribution in [0.25, 0.3) is 0 Å². The number of hydrogen-bond donors (Lipinski definition) is 2. The van der Waals surface area contributed by atoms with Gasteiger partial charge in [-0.2, -0.15) is 17.5 Å². The standard InChI is InChI=1S/C16H32F3N5O2S/c1-4-9-23(5-2)12-8-21-15(20-3)22-13-14-6-10-24(11-7-14)27(25,26)16(17,18)19/h14H,4-13H2,1-3H3,(H2,20,21,22). The molecule has 0 aliphatic carbocycles. The molecule has 11 heteroatoms. The van der Waals surface area contributed by atoms with Crippen molar-refractivity contribution in [2.24, 2.45) is 10.9 Å². The van der Waals surface area contributed by atoms with Gasteiger partial charge in [0, 0.05) is 39.8 Å². The highest BCUT2D eigenvalue weighted by atomic mass is 32.2. The maximum Gasteiger partial charge on any atom is 0.511 e. The van der Waals surface area contributed by atoms with Crippen LogP contribution in [0.3, 0.4) is 0 Å². The molecule has 160 valence electrons. The van der Waals surface area contributed by atoms with Crippen LogP contribution < -0.4 is 10.6 Å². The summed E-state index contributed by atoms with van der Waals surface area (Å²) in [6.45, 7) is 8.27. The second kappa shape index (κ2) is 11.1. The molecule has 1 fully saturated rings. The number of guanidine groups is 1. The van der Waals surface area contributed by atoms with Gasteiger partial charge in [-0.1, -0.05) is 13.8 Å². The molecule has 0 aromatic carbocycles. The van der Waals surface area contributed by atoms with Gasteiger partial charge in [-0.15, -0.1) is 0 Å². The molecule has 0 saturated carbocycles. The molecule has 0 atom stereocenters. The van der Waals surface area contributed by atoms with Crippen molar-refractivity contribution in [1.29, 1.82) is 0 Å². The van der Waals surface area contributed by atoms with Crippen molar-refractivity contribution in [2.45, 2.75) is 38.6 Å². The molecule has 27 heavy (non-hydrogen) atoms. The van der Waals surface area contributed by atoms with Gasteiger partial charge in [-0.3, -0.25) is 4.99 Å². The quantitative estimate of drug-likeness (QED) is 0.440. The first-order valence-corrected chi connectivity index (χ1v) is 10.8. The summed E-state index contributed by atoms with van der Waals surface area (Å²) in [5.41, 5.74) is -5.23. The topological polar surface area (TPSA) is 77.0 Å². The molecular weight excluding hydrogens is 383 g/mol. The fourth-order valence-electron chi connectivity index (χ4n) is 3.04. The van der Waals surface area contributed by atoms with Crippen molar-refractivity contribution < 1.29 is 21.6 Å². The number of aliphatic imine (C=N–C) groups is 1. The molecule has 7 nitrogen and oxygen atoms in total. The number of rotatable bonds is 9. The van der Waals surface area contributed by atoms with Crippen molar-refractivity contribution in [2.75, 3.05) is 52.9 Å². The van der Waals surface area contributed by atoms with Gasteiger partial charge in [-0.25, -0.2) is 8.42 Å². The van der Waals surface area contributed by atoms with Gasteiger partial charge in [0.1, 0.15) is 0 Å². The Bertz CT molecular complexity index is 561. The van der Waals surface area contributed by atoms with Gasteiger partial charge < -0.3 is 15.5 Å². The molecule has 1 heterocycles. The number of piperidine rings is 1. The largest absolute Gasteiger partial charge is 0.511 e. The minimum atomic E-state index is -5.23. The van der Waals surface area contributed by atoms with E-state index in [0.29, 0.717) is 29.7 Å². The van der Waals surface area contributed by atoms with E-state index in [-0.39, 0.29) is 19.0 Å². The summed E-state index contributed by atoms with van der Waals surface area (Å²) in [6.07, 6.45) is 1.88. The lowest BCUT2D eigenvalue weighted by Crippen LogP contribution is -2.47. The average Bonchev–Trinajstić information content (AvgIpc) is 2.63. The second-order valence-corrected chi connectivity index (χ2v) is 8.54. The smallest absolute Gasteiger partial charge is 0.356 e. The predicted octanol–water partition coefficient (Wildman–Crippen LogP) is 1.44. The first kappa shape index (κ1) is 24.0. The molecule has 0 radical (unpaired) electrons. The Labute approximate surface area is 160 Å². The number of likely N-dealkylation sites (N-methyl/N-ethyl adjacent to an activating group) is 1. The molecule has 0 spiro atoms. The van der Waals surface area contributed by atoms with Gasteiger partial charge in [0.15, 0.2) is 5.96 Å². The Morgan fingerprint density at radius 1 is 1.19 bits per heavy atom. The van der Waals surface area contributed by atoms with E-state index >= 15 is 0 Å². The Morgan fingerprint density at radius 3 is 2.30 bits per heavy atom. The fourth-order valence-corrected chi connectivity index (χ4v) is 4.02. The minimum Gasteiger partial charge on any atom is -0.356 e. The second-order valence-electron chi connectivity index (χ2n) is 6.61. The van der Waals surface area contributed by atoms with E-state index < -0.39 is 15.5 Å². The van der Waals surface area contributed by atoms with Crippen molar-refractivity contribution in [1.82, 2.24) is 19.8 Å². The van der Waals surface area contributed by atoms with Crippen LogP contribution in [0.2, 0.25) is 0 Å². The summed E-state index contributed by atoms with van der Waals surface area (Å²) in [4.78, 5) is 6.48. The monoisotopic (exact) mass is 415 g/mol. The Balaban J connectivity index is 2.35. The van der Waals surface area contributed by atoms with Gasteiger partial charge in [0.05, 0.1) is 0 Å². The summed E-state index contributed by atoms with van der Waals surface area (Å²) in [7, 11) is -3.55. The predicted molar refractivity (Wildman–Crippen MR) is 101 cm³/mol. The van der Waals surface area contributed by atoms with Gasteiger partial charge >= 0.3 is 15.5 Å². The molecule has 1 aliphatic heterocycles. The van der Waals surface area contributed by atoms with Crippen LogP contribution in [0.5, 0.6) is 0 Å². The summed E-state index contributed by atoms with van der Waals surface area (Å²) in [6, 6.07) is 0. The van der Waals surface area contributed by atoms with Crippen LogP contribution in [0, 0.1) is 5.92 Å². The normalized spacial score (nSPS) is 18.1. The fraction of sp³-hybridized carbons (Fsp3) is 0.938. The maximum absolute atomic E-state index is 12.6. The zero-order valence-corrected chi connectivity index (χ0v) is 17.2.